The van der Waals surface area contributed by atoms with Gasteiger partial charge in [0.1, 0.15) is 5.75 Å². The molecule has 23 heavy (non-hydrogen) atoms. The van der Waals surface area contributed by atoms with Crippen molar-refractivity contribution in [1.29, 1.82) is 0 Å². The highest BCUT2D eigenvalue weighted by molar-refractivity contribution is 5.84. The van der Waals surface area contributed by atoms with Gasteiger partial charge in [0.05, 0.1) is 5.41 Å². The van der Waals surface area contributed by atoms with Gasteiger partial charge in [-0.3, -0.25) is 4.79 Å². The van der Waals surface area contributed by atoms with Crippen LogP contribution in [0.25, 0.3) is 0 Å². The third-order valence-electron chi connectivity index (χ3n) is 6.37. The maximum absolute atomic E-state index is 12.4. The van der Waals surface area contributed by atoms with E-state index in [-0.39, 0.29) is 23.0 Å². The SMILES string of the molecule is CC(C)c1cc2c(cc1O)[C@@]1(C(=O)O)CCCC(C)(C)C1CC2. The van der Waals surface area contributed by atoms with Crippen LogP contribution in [-0.4, -0.2) is 16.2 Å². The van der Waals surface area contributed by atoms with Crippen molar-refractivity contribution >= 4 is 5.97 Å². The van der Waals surface area contributed by atoms with Crippen molar-refractivity contribution in [3.05, 3.63) is 28.8 Å². The molecular formula is C20H28O3. The second-order valence-corrected chi connectivity index (χ2v) is 8.43. The van der Waals surface area contributed by atoms with Crippen LogP contribution in [-0.2, 0) is 16.6 Å². The Morgan fingerprint density at radius 2 is 1.96 bits per heavy atom. The Hall–Kier alpha value is -1.51. The molecule has 2 aliphatic rings. The van der Waals surface area contributed by atoms with E-state index >= 15 is 0 Å². The molecule has 2 aliphatic carbocycles. The molecular weight excluding hydrogens is 288 g/mol. The van der Waals surface area contributed by atoms with Gasteiger partial charge in [-0.15, -0.1) is 0 Å². The van der Waals surface area contributed by atoms with Gasteiger partial charge < -0.3 is 10.2 Å². The first-order chi connectivity index (χ1) is 10.7. The Bertz CT molecular complexity index is 645. The molecule has 0 aliphatic heterocycles. The number of aryl methyl sites for hydroxylation is 1. The van der Waals surface area contributed by atoms with E-state index < -0.39 is 11.4 Å². The fraction of sp³-hybridized carbons (Fsp3) is 0.650. The average molecular weight is 316 g/mol. The predicted molar refractivity (Wildman–Crippen MR) is 91.0 cm³/mol. The van der Waals surface area contributed by atoms with Gasteiger partial charge in [-0.2, -0.15) is 0 Å². The topological polar surface area (TPSA) is 57.5 Å². The number of rotatable bonds is 2. The van der Waals surface area contributed by atoms with Crippen LogP contribution in [0.3, 0.4) is 0 Å². The summed E-state index contributed by atoms with van der Waals surface area (Å²) in [5, 5.41) is 20.7. The summed E-state index contributed by atoms with van der Waals surface area (Å²) in [6, 6.07) is 3.82. The number of phenolic OH excluding ortho intramolecular Hbond substituents is 1. The number of hydrogen-bond donors (Lipinski definition) is 2. The fourth-order valence-electron chi connectivity index (χ4n) is 5.21. The number of aromatic hydroxyl groups is 1. The van der Waals surface area contributed by atoms with Crippen LogP contribution in [0, 0.1) is 11.3 Å². The van der Waals surface area contributed by atoms with Gasteiger partial charge in [-0.25, -0.2) is 0 Å². The monoisotopic (exact) mass is 316 g/mol. The Balaban J connectivity index is 2.23. The summed E-state index contributed by atoms with van der Waals surface area (Å²) in [6.07, 6.45) is 4.54. The summed E-state index contributed by atoms with van der Waals surface area (Å²) in [5.41, 5.74) is 2.12. The molecule has 1 unspecified atom stereocenters. The summed E-state index contributed by atoms with van der Waals surface area (Å²) in [5.74, 6) is -0.0871. The van der Waals surface area contributed by atoms with Crippen LogP contribution in [0.1, 0.15) is 76.0 Å². The molecule has 0 saturated heterocycles. The summed E-state index contributed by atoms with van der Waals surface area (Å²) < 4.78 is 0. The molecule has 2 N–H and O–H groups in total. The molecule has 3 rings (SSSR count). The lowest BCUT2D eigenvalue weighted by molar-refractivity contribution is -0.152. The average Bonchev–Trinajstić information content (AvgIpc) is 2.45. The molecule has 1 aromatic rings. The zero-order valence-electron chi connectivity index (χ0n) is 14.6. The Kier molecular flexibility index (Phi) is 3.74. The molecule has 0 heterocycles. The normalized spacial score (nSPS) is 29.0. The van der Waals surface area contributed by atoms with Gasteiger partial charge in [0, 0.05) is 0 Å². The van der Waals surface area contributed by atoms with Crippen LogP contribution in [0.4, 0.5) is 0 Å². The first-order valence-electron chi connectivity index (χ1n) is 8.80. The van der Waals surface area contributed by atoms with E-state index in [4.69, 9.17) is 0 Å². The van der Waals surface area contributed by atoms with Gasteiger partial charge in [0.2, 0.25) is 0 Å². The largest absolute Gasteiger partial charge is 0.508 e. The van der Waals surface area contributed by atoms with E-state index in [2.05, 4.69) is 33.8 Å². The highest BCUT2D eigenvalue weighted by Crippen LogP contribution is 2.58. The minimum Gasteiger partial charge on any atom is -0.508 e. The van der Waals surface area contributed by atoms with Crippen molar-refractivity contribution in [2.45, 2.75) is 71.1 Å². The van der Waals surface area contributed by atoms with Crippen molar-refractivity contribution in [1.82, 2.24) is 0 Å². The molecule has 0 amide bonds. The van der Waals surface area contributed by atoms with Crippen molar-refractivity contribution < 1.29 is 15.0 Å². The minimum atomic E-state index is -0.831. The minimum absolute atomic E-state index is 0.0284. The maximum atomic E-state index is 12.4. The molecule has 0 spiro atoms. The number of fused-ring (bicyclic) bond motifs is 3. The molecule has 1 saturated carbocycles. The molecule has 2 atom stereocenters. The van der Waals surface area contributed by atoms with Crippen molar-refractivity contribution in [3.8, 4) is 5.75 Å². The lowest BCUT2D eigenvalue weighted by Crippen LogP contribution is -2.54. The number of phenols is 1. The summed E-state index contributed by atoms with van der Waals surface area (Å²) in [4.78, 5) is 12.4. The van der Waals surface area contributed by atoms with Gasteiger partial charge in [0.15, 0.2) is 0 Å². The number of carboxylic acid groups (broad SMARTS) is 1. The Morgan fingerprint density at radius 3 is 2.57 bits per heavy atom. The van der Waals surface area contributed by atoms with Crippen LogP contribution in [0.2, 0.25) is 0 Å². The molecule has 3 heteroatoms. The molecule has 0 radical (unpaired) electrons. The predicted octanol–water partition coefficient (Wildman–Crippen LogP) is 4.61. The van der Waals surface area contributed by atoms with E-state index in [0.29, 0.717) is 6.42 Å². The van der Waals surface area contributed by atoms with E-state index in [0.717, 1.165) is 42.4 Å². The Labute approximate surface area is 138 Å². The smallest absolute Gasteiger partial charge is 0.314 e. The van der Waals surface area contributed by atoms with E-state index in [9.17, 15) is 15.0 Å². The molecule has 3 nitrogen and oxygen atoms in total. The van der Waals surface area contributed by atoms with E-state index in [1.165, 1.54) is 0 Å². The van der Waals surface area contributed by atoms with Crippen molar-refractivity contribution in [2.75, 3.05) is 0 Å². The number of carbonyl (C=O) groups is 1. The van der Waals surface area contributed by atoms with E-state index in [1.54, 1.807) is 6.07 Å². The lowest BCUT2D eigenvalue weighted by Gasteiger charge is -2.53. The number of hydrogen-bond acceptors (Lipinski definition) is 2. The Morgan fingerprint density at radius 1 is 1.26 bits per heavy atom. The summed E-state index contributed by atoms with van der Waals surface area (Å²) in [7, 11) is 0. The maximum Gasteiger partial charge on any atom is 0.314 e. The quantitative estimate of drug-likeness (QED) is 0.837. The molecule has 126 valence electrons. The first-order valence-corrected chi connectivity index (χ1v) is 8.80. The highest BCUT2D eigenvalue weighted by Gasteiger charge is 2.57. The van der Waals surface area contributed by atoms with Gasteiger partial charge in [-0.1, -0.05) is 40.2 Å². The molecule has 0 aromatic heterocycles. The lowest BCUT2D eigenvalue weighted by atomic mass is 9.49. The zero-order valence-corrected chi connectivity index (χ0v) is 14.6. The third kappa shape index (κ3) is 2.28. The standard InChI is InChI=1S/C20H28O3/c1-12(2)14-10-13-6-7-17-19(3,4)8-5-9-20(17,18(22)23)15(13)11-16(14)21/h10-12,17,21H,5-9H2,1-4H3,(H,22,23)/t17?,20-/m0/s1. The number of carboxylic acids is 1. The van der Waals surface area contributed by atoms with Gasteiger partial charge in [0.25, 0.3) is 0 Å². The fourth-order valence-corrected chi connectivity index (χ4v) is 5.21. The van der Waals surface area contributed by atoms with Crippen molar-refractivity contribution in [2.24, 2.45) is 11.3 Å². The van der Waals surface area contributed by atoms with E-state index in [1.807, 2.05) is 0 Å². The molecule has 1 fully saturated rings. The number of benzene rings is 1. The zero-order chi connectivity index (χ0) is 17.0. The third-order valence-corrected chi connectivity index (χ3v) is 6.37. The van der Waals surface area contributed by atoms with Crippen LogP contribution in [0.15, 0.2) is 12.1 Å². The summed E-state index contributed by atoms with van der Waals surface area (Å²) >= 11 is 0. The number of aliphatic carboxylic acids is 1. The van der Waals surface area contributed by atoms with Crippen LogP contribution in [0.5, 0.6) is 5.75 Å². The first kappa shape index (κ1) is 16.4. The molecule has 0 bridgehead atoms. The second kappa shape index (κ2) is 5.25. The highest BCUT2D eigenvalue weighted by atomic mass is 16.4. The second-order valence-electron chi connectivity index (χ2n) is 8.43. The van der Waals surface area contributed by atoms with Crippen LogP contribution < -0.4 is 0 Å². The van der Waals surface area contributed by atoms with Gasteiger partial charge >= 0.3 is 5.97 Å². The summed E-state index contributed by atoms with van der Waals surface area (Å²) in [6.45, 7) is 8.54. The van der Waals surface area contributed by atoms with Gasteiger partial charge in [-0.05, 0) is 65.7 Å². The van der Waals surface area contributed by atoms with Crippen LogP contribution >= 0.6 is 0 Å². The molecule has 1 aromatic carbocycles. The van der Waals surface area contributed by atoms with Crippen molar-refractivity contribution in [3.63, 3.8) is 0 Å².